The van der Waals surface area contributed by atoms with Crippen LogP contribution in [0.3, 0.4) is 0 Å². The third-order valence-corrected chi connectivity index (χ3v) is 5.05. The zero-order valence-electron chi connectivity index (χ0n) is 11.1. The first-order valence-electron chi connectivity index (χ1n) is 6.94. The molecule has 98 valence electrons. The highest BCUT2D eigenvalue weighted by Crippen LogP contribution is 2.32. The highest BCUT2D eigenvalue weighted by molar-refractivity contribution is 7.10. The van der Waals surface area contributed by atoms with Gasteiger partial charge in [-0.05, 0) is 48.8 Å². The van der Waals surface area contributed by atoms with E-state index in [9.17, 15) is 0 Å². The second-order valence-corrected chi connectivity index (χ2v) is 6.60. The van der Waals surface area contributed by atoms with Crippen LogP contribution in [0.4, 0.5) is 0 Å². The molecule has 2 nitrogen and oxygen atoms in total. The molecule has 0 spiro atoms. The molecule has 3 heteroatoms. The zero-order chi connectivity index (χ0) is 12.5. The predicted octanol–water partition coefficient (Wildman–Crippen LogP) is 2.98. The van der Waals surface area contributed by atoms with E-state index < -0.39 is 0 Å². The van der Waals surface area contributed by atoms with Crippen LogP contribution in [0.1, 0.15) is 36.2 Å². The first-order chi connectivity index (χ1) is 8.74. The molecule has 1 aliphatic carbocycles. The van der Waals surface area contributed by atoms with Gasteiger partial charge in [0.1, 0.15) is 0 Å². The molecule has 1 aromatic heterocycles. The van der Waals surface area contributed by atoms with Crippen molar-refractivity contribution in [2.45, 2.75) is 38.3 Å². The van der Waals surface area contributed by atoms with Gasteiger partial charge in [0.15, 0.2) is 0 Å². The summed E-state index contributed by atoms with van der Waals surface area (Å²) in [6.45, 7) is 9.76. The van der Waals surface area contributed by atoms with Gasteiger partial charge in [0, 0.05) is 36.6 Å². The number of fused-ring (bicyclic) bond motifs is 1. The highest BCUT2D eigenvalue weighted by Gasteiger charge is 2.25. The molecule has 1 atom stereocenters. The van der Waals surface area contributed by atoms with Gasteiger partial charge in [-0.2, -0.15) is 0 Å². The molecular weight excluding hydrogens is 240 g/mol. The van der Waals surface area contributed by atoms with E-state index in [4.69, 9.17) is 0 Å². The Kier molecular flexibility index (Phi) is 3.55. The van der Waals surface area contributed by atoms with E-state index in [2.05, 4.69) is 35.2 Å². The Balaban J connectivity index is 1.55. The Morgan fingerprint density at radius 1 is 1.56 bits per heavy atom. The zero-order valence-corrected chi connectivity index (χ0v) is 11.9. The average molecular weight is 262 g/mol. The smallest absolute Gasteiger partial charge is 0.0334 e. The number of nitrogens with zero attached hydrogens (tertiary/aromatic N) is 1. The van der Waals surface area contributed by atoms with E-state index >= 15 is 0 Å². The minimum atomic E-state index is 0.553. The number of hydrogen-bond acceptors (Lipinski definition) is 3. The van der Waals surface area contributed by atoms with Crippen molar-refractivity contribution in [2.75, 3.05) is 19.6 Å². The summed E-state index contributed by atoms with van der Waals surface area (Å²) in [5.41, 5.74) is 2.86. The Hall–Kier alpha value is -0.640. The molecule has 0 saturated heterocycles. The van der Waals surface area contributed by atoms with E-state index in [0.717, 1.165) is 19.1 Å². The molecule has 0 bridgehead atoms. The van der Waals surface area contributed by atoms with Crippen molar-refractivity contribution in [3.63, 3.8) is 0 Å². The Bertz CT molecular complexity index is 433. The van der Waals surface area contributed by atoms with Crippen LogP contribution < -0.4 is 5.32 Å². The van der Waals surface area contributed by atoms with Crippen molar-refractivity contribution in [3.8, 4) is 0 Å². The normalized spacial score (nSPS) is 23.9. The van der Waals surface area contributed by atoms with Gasteiger partial charge >= 0.3 is 0 Å². The van der Waals surface area contributed by atoms with Crippen molar-refractivity contribution in [1.29, 1.82) is 0 Å². The predicted molar refractivity (Wildman–Crippen MR) is 78.2 cm³/mol. The molecule has 1 aromatic rings. The molecule has 1 N–H and O–H groups in total. The van der Waals surface area contributed by atoms with E-state index in [1.807, 2.05) is 11.3 Å². The molecule has 2 aliphatic rings. The summed E-state index contributed by atoms with van der Waals surface area (Å²) in [6.07, 6.45) is 3.91. The lowest BCUT2D eigenvalue weighted by atomic mass is 10.0. The highest BCUT2D eigenvalue weighted by atomic mass is 32.1. The lowest BCUT2D eigenvalue weighted by Gasteiger charge is -2.34. The van der Waals surface area contributed by atoms with Crippen LogP contribution in [0.2, 0.25) is 0 Å². The molecular formula is C15H22N2S. The van der Waals surface area contributed by atoms with Gasteiger partial charge in [0.2, 0.25) is 0 Å². The monoisotopic (exact) mass is 262 g/mol. The van der Waals surface area contributed by atoms with Crippen LogP contribution in [-0.4, -0.2) is 30.6 Å². The molecule has 1 fully saturated rings. The quantitative estimate of drug-likeness (QED) is 0.821. The summed E-state index contributed by atoms with van der Waals surface area (Å²) in [4.78, 5) is 4.15. The van der Waals surface area contributed by atoms with Crippen LogP contribution >= 0.6 is 11.3 Å². The SMILES string of the molecule is C=C(CNC1CC1)CN1CCc2sccc2C1C. The van der Waals surface area contributed by atoms with Gasteiger partial charge in [-0.25, -0.2) is 0 Å². The van der Waals surface area contributed by atoms with Gasteiger partial charge < -0.3 is 5.32 Å². The molecule has 0 amide bonds. The summed E-state index contributed by atoms with van der Waals surface area (Å²) in [5.74, 6) is 0. The van der Waals surface area contributed by atoms with Gasteiger partial charge in [-0.15, -0.1) is 11.3 Å². The van der Waals surface area contributed by atoms with Crippen LogP contribution in [-0.2, 0) is 6.42 Å². The van der Waals surface area contributed by atoms with E-state index in [1.54, 1.807) is 4.88 Å². The van der Waals surface area contributed by atoms with Crippen LogP contribution in [0, 0.1) is 0 Å². The molecule has 1 aliphatic heterocycles. The maximum Gasteiger partial charge on any atom is 0.0334 e. The fourth-order valence-corrected chi connectivity index (χ4v) is 3.66. The number of nitrogens with one attached hydrogen (secondary N) is 1. The van der Waals surface area contributed by atoms with E-state index in [1.165, 1.54) is 36.9 Å². The molecule has 3 rings (SSSR count). The van der Waals surface area contributed by atoms with Gasteiger partial charge in [-0.3, -0.25) is 4.90 Å². The molecule has 1 saturated carbocycles. The lowest BCUT2D eigenvalue weighted by molar-refractivity contribution is 0.217. The number of thiophene rings is 1. The van der Waals surface area contributed by atoms with Crippen LogP contribution in [0.15, 0.2) is 23.6 Å². The third kappa shape index (κ3) is 2.68. The molecule has 18 heavy (non-hydrogen) atoms. The lowest BCUT2D eigenvalue weighted by Crippen LogP contribution is -2.36. The first kappa shape index (κ1) is 12.4. The minimum absolute atomic E-state index is 0.553. The summed E-state index contributed by atoms with van der Waals surface area (Å²) in [7, 11) is 0. The van der Waals surface area contributed by atoms with Crippen molar-refractivity contribution in [2.24, 2.45) is 0 Å². The maximum absolute atomic E-state index is 4.23. The topological polar surface area (TPSA) is 15.3 Å². The third-order valence-electron chi connectivity index (χ3n) is 4.05. The minimum Gasteiger partial charge on any atom is -0.310 e. The Morgan fingerprint density at radius 3 is 3.17 bits per heavy atom. The van der Waals surface area contributed by atoms with Gasteiger partial charge in [-0.1, -0.05) is 6.58 Å². The van der Waals surface area contributed by atoms with Gasteiger partial charge in [0.05, 0.1) is 0 Å². The number of rotatable bonds is 5. The second-order valence-electron chi connectivity index (χ2n) is 5.60. The first-order valence-corrected chi connectivity index (χ1v) is 7.82. The molecule has 2 heterocycles. The fourth-order valence-electron chi connectivity index (χ4n) is 2.70. The van der Waals surface area contributed by atoms with Gasteiger partial charge in [0.25, 0.3) is 0 Å². The van der Waals surface area contributed by atoms with Crippen molar-refractivity contribution >= 4 is 11.3 Å². The summed E-state index contributed by atoms with van der Waals surface area (Å²) in [5, 5.41) is 5.78. The standard InChI is InChI=1S/C15H22N2S/c1-11(9-16-13-3-4-13)10-17-7-5-15-14(12(17)2)6-8-18-15/h6,8,12-13,16H,1,3-5,7,9-10H2,2H3. The van der Waals surface area contributed by atoms with Crippen LogP contribution in [0.5, 0.6) is 0 Å². The summed E-state index contributed by atoms with van der Waals surface area (Å²) < 4.78 is 0. The summed E-state index contributed by atoms with van der Waals surface area (Å²) in [6, 6.07) is 3.63. The van der Waals surface area contributed by atoms with Crippen molar-refractivity contribution in [1.82, 2.24) is 10.2 Å². The average Bonchev–Trinajstić information content (AvgIpc) is 3.06. The molecule has 1 unspecified atom stereocenters. The second kappa shape index (κ2) is 5.16. The molecule has 0 aromatic carbocycles. The maximum atomic E-state index is 4.23. The largest absolute Gasteiger partial charge is 0.310 e. The molecule has 0 radical (unpaired) electrons. The summed E-state index contributed by atoms with van der Waals surface area (Å²) >= 11 is 1.91. The van der Waals surface area contributed by atoms with Crippen molar-refractivity contribution < 1.29 is 0 Å². The Morgan fingerprint density at radius 2 is 2.39 bits per heavy atom. The van der Waals surface area contributed by atoms with Crippen LogP contribution in [0.25, 0.3) is 0 Å². The van der Waals surface area contributed by atoms with Crippen molar-refractivity contribution in [3.05, 3.63) is 34.0 Å². The van der Waals surface area contributed by atoms with E-state index in [-0.39, 0.29) is 0 Å². The number of hydrogen-bond donors (Lipinski definition) is 1. The fraction of sp³-hybridized carbons (Fsp3) is 0.600. The van der Waals surface area contributed by atoms with E-state index in [0.29, 0.717) is 6.04 Å². The Labute approximate surface area is 114 Å².